The molecule has 0 aliphatic heterocycles. The SMILES string of the molecule is CCC(CC)CC(CCC1CCCC1)NN. The summed E-state index contributed by atoms with van der Waals surface area (Å²) in [6.07, 6.45) is 12.3. The molecule has 2 nitrogen and oxygen atoms in total. The molecular weight excluding hydrogens is 196 g/mol. The van der Waals surface area contributed by atoms with Crippen LogP contribution in [0.4, 0.5) is 0 Å². The Hall–Kier alpha value is -0.0800. The summed E-state index contributed by atoms with van der Waals surface area (Å²) in [4.78, 5) is 0. The van der Waals surface area contributed by atoms with Crippen molar-refractivity contribution in [3.05, 3.63) is 0 Å². The minimum atomic E-state index is 0.547. The minimum Gasteiger partial charge on any atom is -0.271 e. The molecule has 1 atom stereocenters. The fraction of sp³-hybridized carbons (Fsp3) is 1.00. The first kappa shape index (κ1) is 14.0. The molecule has 1 rings (SSSR count). The van der Waals surface area contributed by atoms with Gasteiger partial charge in [-0.05, 0) is 31.1 Å². The summed E-state index contributed by atoms with van der Waals surface area (Å²) in [5.41, 5.74) is 3.03. The van der Waals surface area contributed by atoms with Crippen LogP contribution in [0.3, 0.4) is 0 Å². The Balaban J connectivity index is 2.19. The van der Waals surface area contributed by atoms with Crippen molar-refractivity contribution in [2.45, 2.75) is 77.7 Å². The zero-order valence-corrected chi connectivity index (χ0v) is 11.2. The molecule has 2 heteroatoms. The van der Waals surface area contributed by atoms with Crippen molar-refractivity contribution in [3.8, 4) is 0 Å². The largest absolute Gasteiger partial charge is 0.271 e. The number of nitrogens with two attached hydrogens (primary N) is 1. The number of rotatable bonds is 8. The maximum atomic E-state index is 5.67. The summed E-state index contributed by atoms with van der Waals surface area (Å²) in [5, 5.41) is 0. The Morgan fingerprint density at radius 2 is 1.81 bits per heavy atom. The van der Waals surface area contributed by atoms with Crippen LogP contribution in [0.25, 0.3) is 0 Å². The molecule has 0 bridgehead atoms. The maximum Gasteiger partial charge on any atom is 0.0213 e. The fourth-order valence-electron chi connectivity index (χ4n) is 3.03. The van der Waals surface area contributed by atoms with Gasteiger partial charge in [0.05, 0.1) is 0 Å². The standard InChI is InChI=1S/C14H30N2/c1-3-12(4-2)11-14(16-15)10-9-13-7-5-6-8-13/h12-14,16H,3-11,15H2,1-2H3. The molecule has 0 spiro atoms. The van der Waals surface area contributed by atoms with E-state index in [1.54, 1.807) is 0 Å². The molecule has 1 fully saturated rings. The quantitative estimate of drug-likeness (QED) is 0.490. The molecule has 0 radical (unpaired) electrons. The van der Waals surface area contributed by atoms with E-state index in [2.05, 4.69) is 19.3 Å². The van der Waals surface area contributed by atoms with E-state index in [0.29, 0.717) is 6.04 Å². The molecule has 1 unspecified atom stereocenters. The molecule has 16 heavy (non-hydrogen) atoms. The van der Waals surface area contributed by atoms with Crippen LogP contribution in [0, 0.1) is 11.8 Å². The zero-order valence-electron chi connectivity index (χ0n) is 11.2. The highest BCUT2D eigenvalue weighted by atomic mass is 15.2. The fourth-order valence-corrected chi connectivity index (χ4v) is 3.03. The number of hydrogen-bond acceptors (Lipinski definition) is 2. The summed E-state index contributed by atoms with van der Waals surface area (Å²) >= 11 is 0. The van der Waals surface area contributed by atoms with Gasteiger partial charge in [0.25, 0.3) is 0 Å². The van der Waals surface area contributed by atoms with Crippen LogP contribution in [0.1, 0.15) is 71.6 Å². The van der Waals surface area contributed by atoms with E-state index < -0.39 is 0 Å². The lowest BCUT2D eigenvalue weighted by Gasteiger charge is -2.22. The van der Waals surface area contributed by atoms with Gasteiger partial charge in [0.1, 0.15) is 0 Å². The molecule has 1 saturated carbocycles. The maximum absolute atomic E-state index is 5.67. The second-order valence-electron chi connectivity index (χ2n) is 5.51. The minimum absolute atomic E-state index is 0.547. The van der Waals surface area contributed by atoms with Crippen molar-refractivity contribution in [1.29, 1.82) is 0 Å². The Bertz CT molecular complexity index is 160. The molecule has 0 aromatic rings. The second kappa shape index (κ2) is 8.08. The van der Waals surface area contributed by atoms with Gasteiger partial charge in [-0.2, -0.15) is 0 Å². The van der Waals surface area contributed by atoms with E-state index in [9.17, 15) is 0 Å². The average Bonchev–Trinajstić information content (AvgIpc) is 2.83. The first-order valence-electron chi connectivity index (χ1n) is 7.26. The van der Waals surface area contributed by atoms with Crippen LogP contribution >= 0.6 is 0 Å². The Labute approximate surface area is 101 Å². The third kappa shape index (κ3) is 4.84. The van der Waals surface area contributed by atoms with Gasteiger partial charge in [-0.25, -0.2) is 0 Å². The second-order valence-corrected chi connectivity index (χ2v) is 5.51. The van der Waals surface area contributed by atoms with Crippen molar-refractivity contribution in [1.82, 2.24) is 5.43 Å². The predicted octanol–water partition coefficient (Wildman–Crippen LogP) is 3.62. The molecular formula is C14H30N2. The highest BCUT2D eigenvalue weighted by Crippen LogP contribution is 2.29. The third-order valence-corrected chi connectivity index (χ3v) is 4.41. The van der Waals surface area contributed by atoms with E-state index in [1.165, 1.54) is 57.8 Å². The van der Waals surface area contributed by atoms with Crippen LogP contribution in [0.15, 0.2) is 0 Å². The van der Waals surface area contributed by atoms with Crippen molar-refractivity contribution in [2.24, 2.45) is 17.7 Å². The van der Waals surface area contributed by atoms with Crippen LogP contribution in [-0.2, 0) is 0 Å². The Morgan fingerprint density at radius 3 is 2.31 bits per heavy atom. The summed E-state index contributed by atoms with van der Waals surface area (Å²) in [6, 6.07) is 0.547. The molecule has 3 N–H and O–H groups in total. The van der Waals surface area contributed by atoms with Gasteiger partial charge in [0.15, 0.2) is 0 Å². The molecule has 0 amide bonds. The van der Waals surface area contributed by atoms with Crippen molar-refractivity contribution in [3.63, 3.8) is 0 Å². The molecule has 1 aliphatic carbocycles. The van der Waals surface area contributed by atoms with Gasteiger partial charge in [0.2, 0.25) is 0 Å². The lowest BCUT2D eigenvalue weighted by molar-refractivity contribution is 0.330. The smallest absolute Gasteiger partial charge is 0.0213 e. The van der Waals surface area contributed by atoms with E-state index >= 15 is 0 Å². The predicted molar refractivity (Wildman–Crippen MR) is 71.0 cm³/mol. The van der Waals surface area contributed by atoms with Gasteiger partial charge in [0, 0.05) is 6.04 Å². The normalized spacial score (nSPS) is 19.5. The monoisotopic (exact) mass is 226 g/mol. The zero-order chi connectivity index (χ0) is 11.8. The van der Waals surface area contributed by atoms with Gasteiger partial charge < -0.3 is 0 Å². The van der Waals surface area contributed by atoms with Crippen molar-refractivity contribution >= 4 is 0 Å². The topological polar surface area (TPSA) is 38.0 Å². The number of nitrogens with one attached hydrogen (secondary N) is 1. The highest BCUT2D eigenvalue weighted by molar-refractivity contribution is 4.73. The molecule has 96 valence electrons. The van der Waals surface area contributed by atoms with Crippen LogP contribution < -0.4 is 11.3 Å². The Kier molecular flexibility index (Phi) is 7.06. The number of hydrazine groups is 1. The first-order valence-corrected chi connectivity index (χ1v) is 7.26. The van der Waals surface area contributed by atoms with Gasteiger partial charge >= 0.3 is 0 Å². The highest BCUT2D eigenvalue weighted by Gasteiger charge is 2.18. The van der Waals surface area contributed by atoms with Crippen LogP contribution in [0.2, 0.25) is 0 Å². The molecule has 0 saturated heterocycles. The molecule has 0 aromatic carbocycles. The summed E-state index contributed by atoms with van der Waals surface area (Å²) in [6.45, 7) is 4.58. The molecule has 1 aliphatic rings. The summed E-state index contributed by atoms with van der Waals surface area (Å²) in [5.74, 6) is 7.51. The van der Waals surface area contributed by atoms with Crippen molar-refractivity contribution < 1.29 is 0 Å². The summed E-state index contributed by atoms with van der Waals surface area (Å²) in [7, 11) is 0. The van der Waals surface area contributed by atoms with Crippen LogP contribution in [-0.4, -0.2) is 6.04 Å². The van der Waals surface area contributed by atoms with Crippen LogP contribution in [0.5, 0.6) is 0 Å². The van der Waals surface area contributed by atoms with Crippen molar-refractivity contribution in [2.75, 3.05) is 0 Å². The van der Waals surface area contributed by atoms with Gasteiger partial charge in [-0.15, -0.1) is 0 Å². The first-order chi connectivity index (χ1) is 7.80. The average molecular weight is 226 g/mol. The van der Waals surface area contributed by atoms with Gasteiger partial charge in [-0.1, -0.05) is 52.4 Å². The van der Waals surface area contributed by atoms with E-state index in [1.807, 2.05) is 0 Å². The molecule has 0 aromatic heterocycles. The van der Waals surface area contributed by atoms with Gasteiger partial charge in [-0.3, -0.25) is 11.3 Å². The third-order valence-electron chi connectivity index (χ3n) is 4.41. The van der Waals surface area contributed by atoms with E-state index in [0.717, 1.165) is 11.8 Å². The number of hydrogen-bond donors (Lipinski definition) is 2. The lowest BCUT2D eigenvalue weighted by Crippen LogP contribution is -2.36. The lowest BCUT2D eigenvalue weighted by atomic mass is 9.90. The van der Waals surface area contributed by atoms with E-state index in [-0.39, 0.29) is 0 Å². The molecule has 0 heterocycles. The van der Waals surface area contributed by atoms with E-state index in [4.69, 9.17) is 5.84 Å². The summed E-state index contributed by atoms with van der Waals surface area (Å²) < 4.78 is 0. The Morgan fingerprint density at radius 1 is 1.19 bits per heavy atom.